The fourth-order valence-corrected chi connectivity index (χ4v) is 3.30. The van der Waals surface area contributed by atoms with Crippen LogP contribution in [-0.4, -0.2) is 17.8 Å². The van der Waals surface area contributed by atoms with Crippen molar-refractivity contribution in [1.82, 2.24) is 0 Å². The van der Waals surface area contributed by atoms with Crippen molar-refractivity contribution in [2.24, 2.45) is 0 Å². The molecule has 0 saturated heterocycles. The number of fused-ring (bicyclic) bond motifs is 1. The molecular weight excluding hydrogens is 406 g/mol. The highest BCUT2D eigenvalue weighted by Crippen LogP contribution is 2.31. The molecule has 3 aromatic carbocycles. The maximum absolute atomic E-state index is 13.2. The number of hydrogen-bond donors (Lipinski definition) is 1. The number of para-hydroxylation sites is 1. The average molecular weight is 427 g/mol. The Kier molecular flexibility index (Phi) is 5.85. The molecule has 6 nitrogen and oxygen atoms in total. The number of amides is 1. The highest BCUT2D eigenvalue weighted by Gasteiger charge is 2.23. The van der Waals surface area contributed by atoms with Crippen molar-refractivity contribution in [1.29, 1.82) is 0 Å². The molecule has 0 spiro atoms. The molecule has 6 heteroatoms. The lowest BCUT2D eigenvalue weighted by atomic mass is 10.1. The van der Waals surface area contributed by atoms with E-state index in [2.05, 4.69) is 5.32 Å². The lowest BCUT2D eigenvalue weighted by molar-refractivity contribution is -0.122. The van der Waals surface area contributed by atoms with Crippen LogP contribution < -0.4 is 15.5 Å². The number of nitrogens with one attached hydrogen (secondary N) is 1. The summed E-state index contributed by atoms with van der Waals surface area (Å²) in [4.78, 5) is 37.6. The Labute approximate surface area is 184 Å². The standard InChI is InChI=1S/C26H21NO5/c1-16(28)19-11-8-12-20(15-19)27-26(30)17(2)31-25-23(29)21-13-6-7-14-22(21)32-24(25)18-9-4-3-5-10-18/h3-15,17H,1-2H3,(H,27,30). The summed E-state index contributed by atoms with van der Waals surface area (Å²) in [6.07, 6.45) is -0.998. The molecule has 0 aliphatic rings. The van der Waals surface area contributed by atoms with Crippen molar-refractivity contribution in [2.75, 3.05) is 5.32 Å². The summed E-state index contributed by atoms with van der Waals surface area (Å²) in [5.41, 5.74) is 1.68. The normalized spacial score (nSPS) is 11.7. The van der Waals surface area contributed by atoms with Gasteiger partial charge in [0.2, 0.25) is 11.2 Å². The molecule has 32 heavy (non-hydrogen) atoms. The Morgan fingerprint density at radius 2 is 1.66 bits per heavy atom. The van der Waals surface area contributed by atoms with Gasteiger partial charge in [0.15, 0.2) is 17.6 Å². The second kappa shape index (κ2) is 8.89. The fourth-order valence-electron chi connectivity index (χ4n) is 3.30. The summed E-state index contributed by atoms with van der Waals surface area (Å²) in [5, 5.41) is 3.09. The summed E-state index contributed by atoms with van der Waals surface area (Å²) in [6, 6.07) is 22.6. The molecule has 0 aliphatic carbocycles. The van der Waals surface area contributed by atoms with Gasteiger partial charge >= 0.3 is 0 Å². The van der Waals surface area contributed by atoms with E-state index in [0.717, 1.165) is 0 Å². The zero-order valence-corrected chi connectivity index (χ0v) is 17.6. The summed E-state index contributed by atoms with van der Waals surface area (Å²) in [5.74, 6) is -0.341. The van der Waals surface area contributed by atoms with E-state index in [1.165, 1.54) is 6.92 Å². The molecule has 1 N–H and O–H groups in total. The third-order valence-corrected chi connectivity index (χ3v) is 4.99. The Hall–Kier alpha value is -4.19. The minimum Gasteiger partial charge on any atom is -0.473 e. The Morgan fingerprint density at radius 1 is 0.938 bits per heavy atom. The van der Waals surface area contributed by atoms with E-state index in [4.69, 9.17) is 9.15 Å². The minimum absolute atomic E-state index is 0.0324. The number of Topliss-reactive ketones (excluding diaryl/α,β-unsaturated/α-hetero) is 1. The number of ether oxygens (including phenoxy) is 1. The predicted octanol–water partition coefficient (Wildman–Crippen LogP) is 5.07. The van der Waals surface area contributed by atoms with Crippen LogP contribution in [0.5, 0.6) is 5.75 Å². The summed E-state index contributed by atoms with van der Waals surface area (Å²) in [6.45, 7) is 3.00. The predicted molar refractivity (Wildman–Crippen MR) is 123 cm³/mol. The van der Waals surface area contributed by atoms with Gasteiger partial charge in [0.25, 0.3) is 5.91 Å². The fraction of sp³-hybridized carbons (Fsp3) is 0.115. The van der Waals surface area contributed by atoms with Crippen LogP contribution in [-0.2, 0) is 4.79 Å². The molecular formula is C26H21NO5. The molecule has 0 aliphatic heterocycles. The summed E-state index contributed by atoms with van der Waals surface area (Å²) < 4.78 is 11.9. The van der Waals surface area contributed by atoms with Crippen LogP contribution in [0.25, 0.3) is 22.3 Å². The van der Waals surface area contributed by atoms with Crippen LogP contribution in [0.3, 0.4) is 0 Å². The molecule has 0 saturated carbocycles. The number of benzene rings is 3. The Balaban J connectivity index is 1.68. The molecule has 0 radical (unpaired) electrons. The van der Waals surface area contributed by atoms with E-state index in [9.17, 15) is 14.4 Å². The van der Waals surface area contributed by atoms with Crippen molar-refractivity contribution in [3.63, 3.8) is 0 Å². The number of ketones is 1. The first-order valence-corrected chi connectivity index (χ1v) is 10.1. The van der Waals surface area contributed by atoms with Crippen molar-refractivity contribution < 1.29 is 18.7 Å². The van der Waals surface area contributed by atoms with Crippen molar-refractivity contribution in [3.05, 3.63) is 94.6 Å². The highest BCUT2D eigenvalue weighted by molar-refractivity contribution is 5.98. The number of rotatable bonds is 6. The lowest BCUT2D eigenvalue weighted by Crippen LogP contribution is -2.32. The van der Waals surface area contributed by atoms with Gasteiger partial charge in [-0.2, -0.15) is 0 Å². The van der Waals surface area contributed by atoms with E-state index in [1.54, 1.807) is 67.6 Å². The Morgan fingerprint density at radius 3 is 2.41 bits per heavy atom. The first kappa shape index (κ1) is 21.1. The minimum atomic E-state index is -0.998. The van der Waals surface area contributed by atoms with Gasteiger partial charge in [-0.3, -0.25) is 14.4 Å². The smallest absolute Gasteiger partial charge is 0.265 e. The second-order valence-electron chi connectivity index (χ2n) is 7.34. The second-order valence-corrected chi connectivity index (χ2v) is 7.34. The van der Waals surface area contributed by atoms with Crippen LogP contribution >= 0.6 is 0 Å². The molecule has 4 aromatic rings. The molecule has 160 valence electrons. The van der Waals surface area contributed by atoms with Crippen LogP contribution in [0.4, 0.5) is 5.69 Å². The Bertz CT molecular complexity index is 1360. The quantitative estimate of drug-likeness (QED) is 0.434. The number of anilines is 1. The van der Waals surface area contributed by atoms with Gasteiger partial charge in [-0.25, -0.2) is 0 Å². The van der Waals surface area contributed by atoms with E-state index in [0.29, 0.717) is 27.8 Å². The van der Waals surface area contributed by atoms with Crippen LogP contribution in [0.1, 0.15) is 24.2 Å². The number of carbonyl (C=O) groups is 2. The average Bonchev–Trinajstić information content (AvgIpc) is 2.81. The topological polar surface area (TPSA) is 85.6 Å². The van der Waals surface area contributed by atoms with E-state index < -0.39 is 12.0 Å². The number of hydrogen-bond acceptors (Lipinski definition) is 5. The van der Waals surface area contributed by atoms with Gasteiger partial charge < -0.3 is 14.5 Å². The molecule has 4 rings (SSSR count). The molecule has 1 atom stereocenters. The molecule has 0 bridgehead atoms. The van der Waals surface area contributed by atoms with Crippen LogP contribution in [0.15, 0.2) is 88.1 Å². The lowest BCUT2D eigenvalue weighted by Gasteiger charge is -2.17. The SMILES string of the molecule is CC(=O)c1cccc(NC(=O)C(C)Oc2c(-c3ccccc3)oc3ccccc3c2=O)c1. The van der Waals surface area contributed by atoms with E-state index in [-0.39, 0.29) is 22.7 Å². The van der Waals surface area contributed by atoms with Gasteiger partial charge in [-0.1, -0.05) is 54.6 Å². The largest absolute Gasteiger partial charge is 0.473 e. The van der Waals surface area contributed by atoms with Crippen molar-refractivity contribution in [3.8, 4) is 17.1 Å². The molecule has 0 fully saturated rings. The van der Waals surface area contributed by atoms with Gasteiger partial charge in [-0.05, 0) is 38.1 Å². The van der Waals surface area contributed by atoms with Crippen LogP contribution in [0, 0.1) is 0 Å². The molecule has 1 heterocycles. The summed E-state index contributed by atoms with van der Waals surface area (Å²) in [7, 11) is 0. The van der Waals surface area contributed by atoms with Gasteiger partial charge in [-0.15, -0.1) is 0 Å². The first-order chi connectivity index (χ1) is 15.4. The third kappa shape index (κ3) is 4.30. The first-order valence-electron chi connectivity index (χ1n) is 10.1. The van der Waals surface area contributed by atoms with Crippen molar-refractivity contribution >= 4 is 28.3 Å². The monoisotopic (exact) mass is 427 g/mol. The zero-order valence-electron chi connectivity index (χ0n) is 17.6. The van der Waals surface area contributed by atoms with Crippen LogP contribution in [0.2, 0.25) is 0 Å². The molecule has 1 unspecified atom stereocenters. The maximum atomic E-state index is 13.2. The van der Waals surface area contributed by atoms with E-state index in [1.807, 2.05) is 18.2 Å². The molecule has 1 aromatic heterocycles. The highest BCUT2D eigenvalue weighted by atomic mass is 16.5. The maximum Gasteiger partial charge on any atom is 0.265 e. The molecule has 1 amide bonds. The van der Waals surface area contributed by atoms with Gasteiger partial charge in [0.1, 0.15) is 5.58 Å². The third-order valence-electron chi connectivity index (χ3n) is 4.99. The summed E-state index contributed by atoms with van der Waals surface area (Å²) >= 11 is 0. The van der Waals surface area contributed by atoms with Crippen molar-refractivity contribution in [2.45, 2.75) is 20.0 Å². The zero-order chi connectivity index (χ0) is 22.7. The van der Waals surface area contributed by atoms with Gasteiger partial charge in [0, 0.05) is 16.8 Å². The van der Waals surface area contributed by atoms with Gasteiger partial charge in [0.05, 0.1) is 5.39 Å². The van der Waals surface area contributed by atoms with E-state index >= 15 is 0 Å². The number of carbonyl (C=O) groups excluding carboxylic acids is 2.